The molecular weight excluding hydrogens is 233 g/mol. The summed E-state index contributed by atoms with van der Waals surface area (Å²) in [6.45, 7) is 4.20. The second kappa shape index (κ2) is 5.84. The molecule has 2 heterocycles. The summed E-state index contributed by atoms with van der Waals surface area (Å²) in [4.78, 5) is 4.54. The summed E-state index contributed by atoms with van der Waals surface area (Å²) in [5, 5.41) is 0. The average molecular weight is 252 g/mol. The third-order valence-corrected chi connectivity index (χ3v) is 3.86. The van der Waals surface area contributed by atoms with Crippen LogP contribution in [0.4, 0.5) is 4.20 Å². The molecule has 2 aliphatic heterocycles. The fraction of sp³-hybridized carbons (Fsp3) is 1.00. The van der Waals surface area contributed by atoms with Gasteiger partial charge in [0.1, 0.15) is 0 Å². The Bertz CT molecular complexity index is 181. The van der Waals surface area contributed by atoms with E-state index in [0.29, 0.717) is 0 Å². The van der Waals surface area contributed by atoms with Crippen LogP contribution in [0.3, 0.4) is 0 Å². The van der Waals surface area contributed by atoms with Gasteiger partial charge < -0.3 is 0 Å². The number of likely N-dealkylation sites (tertiary alicyclic amines) is 2. The molecule has 0 aromatic heterocycles. The van der Waals surface area contributed by atoms with Gasteiger partial charge in [0.15, 0.2) is 6.35 Å². The van der Waals surface area contributed by atoms with Crippen LogP contribution in [0.5, 0.6) is 0 Å². The first-order valence-electron chi connectivity index (χ1n) is 5.63. The van der Waals surface area contributed by atoms with Gasteiger partial charge in [0.2, 0.25) is 8.15 Å². The maximum Gasteiger partial charge on any atom is 0.239 e. The maximum atomic E-state index is 13.0. The average Bonchev–Trinajstić information content (AvgIpc) is 2.87. The predicted molar refractivity (Wildman–Crippen MR) is 64.2 cm³/mol. The van der Waals surface area contributed by atoms with Crippen molar-refractivity contribution in [3.05, 3.63) is 0 Å². The quantitative estimate of drug-likeness (QED) is 0.715. The molecule has 2 atom stereocenters. The van der Waals surface area contributed by atoms with Gasteiger partial charge >= 0.3 is 0 Å². The van der Waals surface area contributed by atoms with Crippen LogP contribution in [0.15, 0.2) is 0 Å². The van der Waals surface area contributed by atoms with Crippen molar-refractivity contribution >= 4 is 17.1 Å². The first kappa shape index (κ1) is 12.1. The first-order valence-corrected chi connectivity index (χ1v) is 8.40. The summed E-state index contributed by atoms with van der Waals surface area (Å²) < 4.78 is 18.4. The van der Waals surface area contributed by atoms with Crippen molar-refractivity contribution in [3.8, 4) is 0 Å². The molecule has 0 amide bonds. The van der Waals surface area contributed by atoms with Crippen LogP contribution < -0.4 is 0 Å². The second-order valence-corrected chi connectivity index (χ2v) is 6.16. The smallest absolute Gasteiger partial charge is 0.239 e. The zero-order valence-electron chi connectivity index (χ0n) is 8.94. The van der Waals surface area contributed by atoms with Gasteiger partial charge in [0.05, 0.1) is 0 Å². The fourth-order valence-electron chi connectivity index (χ4n) is 2.38. The van der Waals surface area contributed by atoms with Crippen molar-refractivity contribution in [1.29, 1.82) is 0 Å². The van der Waals surface area contributed by atoms with E-state index in [1.165, 1.54) is 25.7 Å². The monoisotopic (exact) mass is 252 g/mol. The van der Waals surface area contributed by atoms with Crippen LogP contribution in [0.1, 0.15) is 25.7 Å². The Kier molecular flexibility index (Phi) is 4.72. The van der Waals surface area contributed by atoms with Crippen molar-refractivity contribution in [2.45, 2.75) is 32.0 Å². The van der Waals surface area contributed by atoms with Gasteiger partial charge in [-0.05, 0) is 34.6 Å². The molecule has 0 N–H and O–H groups in total. The topological polar surface area (TPSA) is 15.7 Å². The summed E-state index contributed by atoms with van der Waals surface area (Å²) in [5.74, 6) is 0. The molecule has 3 nitrogen and oxygen atoms in total. The Balaban J connectivity index is 1.94. The molecule has 0 aliphatic carbocycles. The lowest BCUT2D eigenvalue weighted by molar-refractivity contribution is -0.0670. The molecule has 0 bridgehead atoms. The van der Waals surface area contributed by atoms with Gasteiger partial charge in [-0.1, -0.05) is 0 Å². The minimum Gasteiger partial charge on any atom is -0.294 e. The number of nitrogens with zero attached hydrogens (tertiary/aromatic N) is 2. The van der Waals surface area contributed by atoms with Crippen LogP contribution >= 0.6 is 17.1 Å². The Morgan fingerprint density at radius 1 is 1.00 bits per heavy atom. The lowest BCUT2D eigenvalue weighted by Gasteiger charge is -2.34. The Labute approximate surface area is 94.4 Å². The molecule has 2 saturated heterocycles. The molecule has 0 aromatic carbocycles. The highest BCUT2D eigenvalue weighted by molar-refractivity contribution is 8.08. The molecule has 0 aromatic rings. The lowest BCUT2D eigenvalue weighted by Crippen LogP contribution is -2.46. The normalized spacial score (nSPS) is 26.6. The van der Waals surface area contributed by atoms with E-state index in [2.05, 4.69) is 18.7 Å². The van der Waals surface area contributed by atoms with E-state index in [9.17, 15) is 4.20 Å². The van der Waals surface area contributed by atoms with Gasteiger partial charge in [-0.15, -0.1) is 0 Å². The van der Waals surface area contributed by atoms with Crippen LogP contribution in [0.25, 0.3) is 0 Å². The van der Waals surface area contributed by atoms with Crippen LogP contribution in [-0.4, -0.2) is 42.3 Å². The highest BCUT2D eigenvalue weighted by Gasteiger charge is 2.31. The Hall–Kier alpha value is 0.670. The minimum absolute atomic E-state index is 0.108. The molecule has 2 fully saturated rings. The molecule has 0 radical (unpaired) electrons. The molecule has 2 rings (SSSR count). The van der Waals surface area contributed by atoms with Crippen molar-refractivity contribution in [3.63, 3.8) is 0 Å². The van der Waals surface area contributed by atoms with E-state index < -0.39 is 8.15 Å². The number of halogens is 1. The molecule has 2 aliphatic rings. The molecule has 0 spiro atoms. The summed E-state index contributed by atoms with van der Waals surface area (Å²) in [5.41, 5.74) is 0. The highest BCUT2D eigenvalue weighted by atomic mass is 32.0. The van der Waals surface area contributed by atoms with Crippen molar-refractivity contribution < 1.29 is 8.72 Å². The van der Waals surface area contributed by atoms with E-state index in [-0.39, 0.29) is 6.35 Å². The van der Waals surface area contributed by atoms with E-state index in [1.807, 2.05) is 0 Å². The standard InChI is InChI=1S/C9H19FN2OP2/c10-15(14)13-9(11-5-1-2-6-11)12-7-3-4-8-12/h9H,1-8,14H2. The zero-order valence-corrected chi connectivity index (χ0v) is 11.0. The molecule has 88 valence electrons. The van der Waals surface area contributed by atoms with Crippen LogP contribution in [0.2, 0.25) is 0 Å². The van der Waals surface area contributed by atoms with E-state index >= 15 is 0 Å². The summed E-state index contributed by atoms with van der Waals surface area (Å²) in [6.07, 6.45) is 4.76. The molecule has 0 saturated carbocycles. The summed E-state index contributed by atoms with van der Waals surface area (Å²) in [7, 11) is 0.300. The van der Waals surface area contributed by atoms with Crippen LogP contribution in [-0.2, 0) is 4.52 Å². The third kappa shape index (κ3) is 3.31. The highest BCUT2D eigenvalue weighted by Crippen LogP contribution is 2.49. The molecular formula is C9H19FN2OP2. The van der Waals surface area contributed by atoms with Crippen LogP contribution in [0, 0.1) is 0 Å². The number of rotatable bonds is 4. The van der Waals surface area contributed by atoms with E-state index in [1.54, 1.807) is 0 Å². The van der Waals surface area contributed by atoms with E-state index in [0.717, 1.165) is 26.2 Å². The van der Waals surface area contributed by atoms with E-state index in [4.69, 9.17) is 4.52 Å². The van der Waals surface area contributed by atoms with Gasteiger partial charge in [0.25, 0.3) is 0 Å². The lowest BCUT2D eigenvalue weighted by atomic mass is 10.4. The van der Waals surface area contributed by atoms with Gasteiger partial charge in [-0.25, -0.2) is 0 Å². The molecule has 6 heteroatoms. The Morgan fingerprint density at radius 2 is 1.40 bits per heavy atom. The van der Waals surface area contributed by atoms with Crippen molar-refractivity contribution in [2.75, 3.05) is 26.2 Å². The fourth-order valence-corrected chi connectivity index (χ4v) is 3.15. The Morgan fingerprint density at radius 3 is 1.73 bits per heavy atom. The molecule has 15 heavy (non-hydrogen) atoms. The zero-order chi connectivity index (χ0) is 10.7. The molecule has 2 unspecified atom stereocenters. The van der Waals surface area contributed by atoms with Gasteiger partial charge in [-0.3, -0.25) is 14.3 Å². The first-order chi connectivity index (χ1) is 7.27. The summed E-state index contributed by atoms with van der Waals surface area (Å²) >= 11 is 0. The third-order valence-electron chi connectivity index (χ3n) is 3.10. The van der Waals surface area contributed by atoms with Gasteiger partial charge in [-0.2, -0.15) is 4.20 Å². The number of hydrogen-bond donors (Lipinski definition) is 0. The largest absolute Gasteiger partial charge is 0.294 e. The predicted octanol–water partition coefficient (Wildman–Crippen LogP) is 2.55. The van der Waals surface area contributed by atoms with Crippen molar-refractivity contribution in [2.24, 2.45) is 0 Å². The number of hydrogen-bond acceptors (Lipinski definition) is 3. The second-order valence-electron chi connectivity index (χ2n) is 4.19. The minimum atomic E-state index is -1.84. The van der Waals surface area contributed by atoms with Gasteiger partial charge in [0, 0.05) is 26.2 Å². The SMILES string of the molecule is FP(P)OC(N1CCCC1)N1CCCC1. The maximum absolute atomic E-state index is 13.0. The van der Waals surface area contributed by atoms with Crippen molar-refractivity contribution in [1.82, 2.24) is 9.80 Å². The summed E-state index contributed by atoms with van der Waals surface area (Å²) in [6, 6.07) is 0.